The van der Waals surface area contributed by atoms with Gasteiger partial charge in [-0.25, -0.2) is 4.57 Å². The molecule has 0 aromatic heterocycles. The molecule has 324 valence electrons. The van der Waals surface area contributed by atoms with Crippen LogP contribution < -0.4 is 5.73 Å². The lowest BCUT2D eigenvalue weighted by atomic mass is 10.1. The van der Waals surface area contributed by atoms with Crippen molar-refractivity contribution in [1.82, 2.24) is 0 Å². The average molecular weight is 806 g/mol. The lowest BCUT2D eigenvalue weighted by Crippen LogP contribution is -2.28. The maximum Gasteiger partial charge on any atom is 0.472 e. The zero-order valence-electron chi connectivity index (χ0n) is 35.8. The molecule has 8 nitrogen and oxygen atoms in total. The van der Waals surface area contributed by atoms with Gasteiger partial charge < -0.3 is 20.1 Å². The van der Waals surface area contributed by atoms with E-state index in [4.69, 9.17) is 24.3 Å². The number of carbonyl (C=O) groups is 1. The summed E-state index contributed by atoms with van der Waals surface area (Å²) >= 11 is 0. The summed E-state index contributed by atoms with van der Waals surface area (Å²) in [6.07, 6.45) is 55.0. The molecule has 0 heterocycles. The van der Waals surface area contributed by atoms with Crippen LogP contribution in [0.1, 0.15) is 181 Å². The van der Waals surface area contributed by atoms with Gasteiger partial charge in [-0.15, -0.1) is 0 Å². The van der Waals surface area contributed by atoms with Crippen molar-refractivity contribution in [3.63, 3.8) is 0 Å². The minimum absolute atomic E-state index is 0.0896. The van der Waals surface area contributed by atoms with Crippen LogP contribution in [0, 0.1) is 0 Å². The quantitative estimate of drug-likeness (QED) is 0.0271. The highest BCUT2D eigenvalue weighted by atomic mass is 31.2. The summed E-state index contributed by atoms with van der Waals surface area (Å²) in [6, 6.07) is 0. The van der Waals surface area contributed by atoms with Crippen molar-refractivity contribution in [2.75, 3.05) is 33.0 Å². The summed E-state index contributed by atoms with van der Waals surface area (Å²) in [5.74, 6) is -0.373. The first-order chi connectivity index (χ1) is 27.4. The first-order valence-corrected chi connectivity index (χ1v) is 23.9. The van der Waals surface area contributed by atoms with Crippen LogP contribution in [0.2, 0.25) is 0 Å². The fourth-order valence-electron chi connectivity index (χ4n) is 5.84. The molecule has 56 heavy (non-hydrogen) atoms. The molecular weight excluding hydrogens is 721 g/mol. The Morgan fingerprint density at radius 2 is 1.00 bits per heavy atom. The topological polar surface area (TPSA) is 117 Å². The van der Waals surface area contributed by atoms with Crippen molar-refractivity contribution in [2.24, 2.45) is 5.73 Å². The van der Waals surface area contributed by atoms with Gasteiger partial charge in [0.25, 0.3) is 0 Å². The second-order valence-corrected chi connectivity index (χ2v) is 16.0. The molecule has 0 aromatic rings. The molecule has 0 aromatic carbocycles. The number of hydrogen-bond donors (Lipinski definition) is 2. The van der Waals surface area contributed by atoms with Crippen molar-refractivity contribution >= 4 is 13.8 Å². The molecular formula is C47H84NO7P. The Morgan fingerprint density at radius 3 is 1.50 bits per heavy atom. The summed E-state index contributed by atoms with van der Waals surface area (Å²) in [5.41, 5.74) is 5.37. The van der Waals surface area contributed by atoms with Gasteiger partial charge in [-0.1, -0.05) is 164 Å². The van der Waals surface area contributed by atoms with Gasteiger partial charge in [0.2, 0.25) is 0 Å². The largest absolute Gasteiger partial charge is 0.472 e. The van der Waals surface area contributed by atoms with Crippen LogP contribution in [0.5, 0.6) is 0 Å². The first kappa shape index (κ1) is 53.9. The van der Waals surface area contributed by atoms with Gasteiger partial charge >= 0.3 is 13.8 Å². The Morgan fingerprint density at radius 1 is 0.554 bits per heavy atom. The van der Waals surface area contributed by atoms with Crippen LogP contribution in [0.3, 0.4) is 0 Å². The Bertz CT molecular complexity index is 1080. The Hall–Kier alpha value is -2.06. The van der Waals surface area contributed by atoms with E-state index in [0.717, 1.165) is 57.8 Å². The minimum Gasteiger partial charge on any atom is -0.457 e. The van der Waals surface area contributed by atoms with E-state index in [1.165, 1.54) is 96.3 Å². The van der Waals surface area contributed by atoms with Crippen molar-refractivity contribution in [1.29, 1.82) is 0 Å². The number of nitrogens with two attached hydrogens (primary N) is 1. The van der Waals surface area contributed by atoms with Gasteiger partial charge in [-0.05, 0) is 83.5 Å². The molecule has 2 atom stereocenters. The highest BCUT2D eigenvalue weighted by molar-refractivity contribution is 7.47. The molecule has 0 aliphatic carbocycles. The van der Waals surface area contributed by atoms with Crippen LogP contribution in [-0.4, -0.2) is 49.9 Å². The number of carbonyl (C=O) groups excluding carboxylic acids is 1. The van der Waals surface area contributed by atoms with Crippen LogP contribution in [0.4, 0.5) is 0 Å². The zero-order chi connectivity index (χ0) is 40.9. The molecule has 9 heteroatoms. The molecule has 0 bridgehead atoms. The molecule has 0 saturated carbocycles. The SMILES string of the molecule is CC/C=C\C/C=C\C/C=C\C/C=C\CCCCC(=O)OC(COCCCCCCCCCCCC/C=C\C/C=C\CCCCCCC)COP(=O)(O)OCCN. The molecule has 0 spiro atoms. The predicted molar refractivity (Wildman–Crippen MR) is 238 cm³/mol. The molecule has 3 N–H and O–H groups in total. The molecule has 0 aliphatic heterocycles. The average Bonchev–Trinajstić information content (AvgIpc) is 3.19. The molecule has 0 rings (SSSR count). The fraction of sp³-hybridized carbons (Fsp3) is 0.723. The van der Waals surface area contributed by atoms with E-state index in [1.807, 2.05) is 0 Å². The molecule has 2 unspecified atom stereocenters. The van der Waals surface area contributed by atoms with Crippen LogP contribution in [0.15, 0.2) is 72.9 Å². The number of hydrogen-bond acceptors (Lipinski definition) is 7. The number of allylic oxidation sites excluding steroid dienone is 12. The van der Waals surface area contributed by atoms with Crippen molar-refractivity contribution < 1.29 is 32.8 Å². The summed E-state index contributed by atoms with van der Waals surface area (Å²) in [5, 5.41) is 0. The van der Waals surface area contributed by atoms with Crippen molar-refractivity contribution in [3.8, 4) is 0 Å². The Labute approximate surface area is 344 Å². The third kappa shape index (κ3) is 43.1. The van der Waals surface area contributed by atoms with Gasteiger partial charge in [-0.3, -0.25) is 13.8 Å². The summed E-state index contributed by atoms with van der Waals surface area (Å²) in [6.45, 7) is 4.72. The smallest absolute Gasteiger partial charge is 0.457 e. The van der Waals surface area contributed by atoms with Crippen LogP contribution >= 0.6 is 7.82 Å². The van der Waals surface area contributed by atoms with E-state index < -0.39 is 13.9 Å². The van der Waals surface area contributed by atoms with Gasteiger partial charge in [0, 0.05) is 19.6 Å². The standard InChI is InChI=1S/C47H84NO7P/c1-3-5-7-9-11-13-15-17-19-20-21-22-23-24-25-27-29-31-33-35-37-39-42-52-44-46(45-54-56(50,51)53-43-41-48)55-47(49)40-38-36-34-32-30-28-26-18-16-14-12-10-8-6-4-2/h6,8,12,14-15,17-18,20-21,26,30,32,46H,3-5,7,9-11,13,16,19,22-25,27-29,31,33-45,48H2,1-2H3,(H,50,51)/b8-6-,14-12-,17-15-,21-20-,26-18-,32-30-. The lowest BCUT2D eigenvalue weighted by Gasteiger charge is -2.20. The second-order valence-electron chi connectivity index (χ2n) is 14.5. The van der Waals surface area contributed by atoms with Crippen molar-refractivity contribution in [3.05, 3.63) is 72.9 Å². The highest BCUT2D eigenvalue weighted by Crippen LogP contribution is 2.43. The number of unbranched alkanes of at least 4 members (excludes halogenated alkanes) is 17. The van der Waals surface area contributed by atoms with Crippen LogP contribution in [-0.2, 0) is 27.9 Å². The maximum absolute atomic E-state index is 12.6. The van der Waals surface area contributed by atoms with E-state index in [2.05, 4.69) is 86.8 Å². The molecule has 0 saturated heterocycles. The highest BCUT2D eigenvalue weighted by Gasteiger charge is 2.25. The zero-order valence-corrected chi connectivity index (χ0v) is 36.7. The minimum atomic E-state index is -4.29. The van der Waals surface area contributed by atoms with Crippen LogP contribution in [0.25, 0.3) is 0 Å². The number of esters is 1. The van der Waals surface area contributed by atoms with Gasteiger partial charge in [0.1, 0.15) is 6.10 Å². The predicted octanol–water partition coefficient (Wildman–Crippen LogP) is 13.5. The van der Waals surface area contributed by atoms with E-state index in [0.29, 0.717) is 13.0 Å². The molecule has 0 amide bonds. The van der Waals surface area contributed by atoms with E-state index >= 15 is 0 Å². The van der Waals surface area contributed by atoms with E-state index in [9.17, 15) is 14.3 Å². The number of phosphoric acid groups is 1. The monoisotopic (exact) mass is 806 g/mol. The molecule has 0 radical (unpaired) electrons. The van der Waals surface area contributed by atoms with Gasteiger partial charge in [-0.2, -0.15) is 0 Å². The van der Waals surface area contributed by atoms with Crippen molar-refractivity contribution in [2.45, 2.75) is 187 Å². The van der Waals surface area contributed by atoms with Gasteiger partial charge in [0.05, 0.1) is 19.8 Å². The van der Waals surface area contributed by atoms with E-state index in [1.54, 1.807) is 0 Å². The van der Waals surface area contributed by atoms with E-state index in [-0.39, 0.29) is 38.8 Å². The molecule has 0 fully saturated rings. The molecule has 0 aliphatic rings. The normalized spacial score (nSPS) is 14.1. The summed E-state index contributed by atoms with van der Waals surface area (Å²) in [7, 11) is -4.29. The Balaban J connectivity index is 4.05. The number of phosphoric ester groups is 1. The third-order valence-electron chi connectivity index (χ3n) is 9.11. The number of ether oxygens (including phenoxy) is 2. The summed E-state index contributed by atoms with van der Waals surface area (Å²) < 4.78 is 33.4. The van der Waals surface area contributed by atoms with Gasteiger partial charge in [0.15, 0.2) is 0 Å². The Kier molecular flexibility index (Phi) is 42.4. The maximum atomic E-state index is 12.6. The second kappa shape index (κ2) is 44.1. The summed E-state index contributed by atoms with van der Waals surface area (Å²) in [4.78, 5) is 22.5. The number of rotatable bonds is 42. The fourth-order valence-corrected chi connectivity index (χ4v) is 6.61. The lowest BCUT2D eigenvalue weighted by molar-refractivity contribution is -0.154. The first-order valence-electron chi connectivity index (χ1n) is 22.4. The third-order valence-corrected chi connectivity index (χ3v) is 10.1.